The number of halogens is 1. The third-order valence-corrected chi connectivity index (χ3v) is 5.41. The Hall–Kier alpha value is -3.17. The van der Waals surface area contributed by atoms with E-state index in [0.29, 0.717) is 5.69 Å². The minimum atomic E-state index is -4.44. The Morgan fingerprint density at radius 2 is 1.76 bits per heavy atom. The lowest BCUT2D eigenvalue weighted by molar-refractivity contribution is 0.0515. The van der Waals surface area contributed by atoms with E-state index >= 15 is 0 Å². The van der Waals surface area contributed by atoms with Crippen molar-refractivity contribution in [3.63, 3.8) is 0 Å². The van der Waals surface area contributed by atoms with Crippen molar-refractivity contribution in [2.45, 2.75) is 11.8 Å². The number of esters is 1. The van der Waals surface area contributed by atoms with E-state index in [1.54, 1.807) is 43.3 Å². The molecule has 1 aromatic heterocycles. The van der Waals surface area contributed by atoms with Crippen LogP contribution in [0.4, 0.5) is 0 Å². The molecule has 0 amide bonds. The van der Waals surface area contributed by atoms with Crippen LogP contribution >= 0.6 is 11.6 Å². The van der Waals surface area contributed by atoms with Gasteiger partial charge in [-0.2, -0.15) is 18.2 Å². The second-order valence-corrected chi connectivity index (χ2v) is 7.55. The van der Waals surface area contributed by atoms with Crippen LogP contribution in [0, 0.1) is 0 Å². The van der Waals surface area contributed by atoms with Gasteiger partial charge in [0.15, 0.2) is 5.75 Å². The summed E-state index contributed by atoms with van der Waals surface area (Å²) in [5.74, 6) is -1.50. The predicted octanol–water partition coefficient (Wildman–Crippen LogP) is 2.83. The van der Waals surface area contributed by atoms with Gasteiger partial charge in [0.25, 0.3) is 5.56 Å². The number of aromatic nitrogens is 2. The summed E-state index contributed by atoms with van der Waals surface area (Å²) in [4.78, 5) is 24.5. The lowest BCUT2D eigenvalue weighted by Gasteiger charge is -2.13. The SMILES string of the molecule is CCOC(=O)c1nn(-c2ccccc2)c(=O)cc1OS(=O)(=O)c1ccccc1Cl. The molecule has 0 aliphatic rings. The van der Waals surface area contributed by atoms with Crippen LogP contribution in [0.25, 0.3) is 5.69 Å². The van der Waals surface area contributed by atoms with Crippen molar-refractivity contribution in [3.05, 3.63) is 81.7 Å². The maximum Gasteiger partial charge on any atom is 0.362 e. The maximum absolute atomic E-state index is 12.6. The molecular weight excluding hydrogens is 420 g/mol. The summed E-state index contributed by atoms with van der Waals surface area (Å²) in [6, 6.07) is 14.8. The smallest absolute Gasteiger partial charge is 0.362 e. The van der Waals surface area contributed by atoms with Crippen LogP contribution in [-0.2, 0) is 14.9 Å². The summed E-state index contributed by atoms with van der Waals surface area (Å²) in [6.07, 6.45) is 0. The van der Waals surface area contributed by atoms with Crippen LogP contribution in [0.5, 0.6) is 5.75 Å². The fourth-order valence-electron chi connectivity index (χ4n) is 2.41. The fraction of sp³-hybridized carbons (Fsp3) is 0.105. The lowest BCUT2D eigenvalue weighted by atomic mass is 10.3. The zero-order chi connectivity index (χ0) is 21.0. The van der Waals surface area contributed by atoms with Crippen LogP contribution in [0.2, 0.25) is 5.02 Å². The number of rotatable bonds is 6. The minimum Gasteiger partial charge on any atom is -0.461 e. The number of carbonyl (C=O) groups excluding carboxylic acids is 1. The topological polar surface area (TPSA) is 105 Å². The summed E-state index contributed by atoms with van der Waals surface area (Å²) < 4.78 is 36.2. The van der Waals surface area contributed by atoms with Crippen molar-refractivity contribution in [3.8, 4) is 11.4 Å². The first-order valence-corrected chi connectivity index (χ1v) is 10.2. The van der Waals surface area contributed by atoms with Crippen LogP contribution in [0.3, 0.4) is 0 Å². The zero-order valence-corrected chi connectivity index (χ0v) is 16.7. The average molecular weight is 435 g/mol. The third kappa shape index (κ3) is 4.47. The Bertz CT molecular complexity index is 1210. The van der Waals surface area contributed by atoms with Crippen LogP contribution < -0.4 is 9.74 Å². The molecular formula is C19H15ClN2O6S. The molecule has 1 heterocycles. The molecule has 0 aliphatic carbocycles. The molecule has 0 spiro atoms. The van der Waals surface area contributed by atoms with Gasteiger partial charge in [0.2, 0.25) is 5.69 Å². The quantitative estimate of drug-likeness (QED) is 0.434. The molecule has 0 unspecified atom stereocenters. The maximum atomic E-state index is 12.6. The van der Waals surface area contributed by atoms with Crippen molar-refractivity contribution >= 4 is 27.7 Å². The molecule has 0 N–H and O–H groups in total. The predicted molar refractivity (Wildman–Crippen MR) is 105 cm³/mol. The molecule has 0 bridgehead atoms. The van der Waals surface area contributed by atoms with Gasteiger partial charge in [0.05, 0.1) is 23.4 Å². The Balaban J connectivity index is 2.13. The van der Waals surface area contributed by atoms with Crippen molar-refractivity contribution in [2.24, 2.45) is 0 Å². The van der Waals surface area contributed by atoms with Crippen molar-refractivity contribution in [1.29, 1.82) is 0 Å². The number of nitrogens with zero attached hydrogens (tertiary/aromatic N) is 2. The molecule has 29 heavy (non-hydrogen) atoms. The molecule has 0 atom stereocenters. The van der Waals surface area contributed by atoms with Gasteiger partial charge in [-0.25, -0.2) is 4.79 Å². The Morgan fingerprint density at radius 3 is 2.41 bits per heavy atom. The summed E-state index contributed by atoms with van der Waals surface area (Å²) in [6.45, 7) is 1.59. The van der Waals surface area contributed by atoms with Gasteiger partial charge in [0, 0.05) is 0 Å². The summed E-state index contributed by atoms with van der Waals surface area (Å²) >= 11 is 5.93. The van der Waals surface area contributed by atoms with Crippen molar-refractivity contribution in [2.75, 3.05) is 6.61 Å². The number of benzene rings is 2. The largest absolute Gasteiger partial charge is 0.461 e. The number of carbonyl (C=O) groups is 1. The molecule has 150 valence electrons. The van der Waals surface area contributed by atoms with Gasteiger partial charge < -0.3 is 8.92 Å². The van der Waals surface area contributed by atoms with Crippen molar-refractivity contribution in [1.82, 2.24) is 9.78 Å². The first-order chi connectivity index (χ1) is 13.8. The second-order valence-electron chi connectivity index (χ2n) is 5.63. The zero-order valence-electron chi connectivity index (χ0n) is 15.1. The van der Waals surface area contributed by atoms with E-state index in [-0.39, 0.29) is 16.5 Å². The molecule has 0 aliphatic heterocycles. The Morgan fingerprint density at radius 1 is 1.10 bits per heavy atom. The lowest BCUT2D eigenvalue weighted by Crippen LogP contribution is -2.26. The van der Waals surface area contributed by atoms with Gasteiger partial charge >= 0.3 is 16.1 Å². The molecule has 3 rings (SSSR count). The monoisotopic (exact) mass is 434 g/mol. The van der Waals surface area contributed by atoms with Gasteiger partial charge in [-0.3, -0.25) is 4.79 Å². The Kier molecular flexibility index (Phi) is 6.00. The van der Waals surface area contributed by atoms with Gasteiger partial charge in [-0.05, 0) is 31.2 Å². The van der Waals surface area contributed by atoms with E-state index in [0.717, 1.165) is 10.7 Å². The number of para-hydroxylation sites is 1. The first kappa shape index (κ1) is 20.6. The standard InChI is InChI=1S/C19H15ClN2O6S/c1-2-27-19(24)18-15(28-29(25,26)16-11-7-6-10-14(16)20)12-17(23)22(21-18)13-8-4-3-5-9-13/h3-12H,2H2,1H3. The summed E-state index contributed by atoms with van der Waals surface area (Å²) in [5.41, 5.74) is -0.789. The number of ether oxygens (including phenoxy) is 1. The highest BCUT2D eigenvalue weighted by Gasteiger charge is 2.26. The second kappa shape index (κ2) is 8.46. The molecule has 0 saturated heterocycles. The normalized spacial score (nSPS) is 11.1. The van der Waals surface area contributed by atoms with Crippen LogP contribution in [-0.4, -0.2) is 30.8 Å². The molecule has 3 aromatic rings. The van der Waals surface area contributed by atoms with Crippen LogP contribution in [0.1, 0.15) is 17.4 Å². The number of hydrogen-bond acceptors (Lipinski definition) is 7. The highest BCUT2D eigenvalue weighted by molar-refractivity contribution is 7.87. The summed E-state index contributed by atoms with van der Waals surface area (Å²) in [7, 11) is -4.44. The highest BCUT2D eigenvalue weighted by Crippen LogP contribution is 2.26. The molecule has 10 heteroatoms. The van der Waals surface area contributed by atoms with E-state index in [1.165, 1.54) is 18.2 Å². The van der Waals surface area contributed by atoms with Crippen molar-refractivity contribution < 1.29 is 22.1 Å². The molecule has 0 saturated carbocycles. The van der Waals surface area contributed by atoms with E-state index in [9.17, 15) is 18.0 Å². The molecule has 0 radical (unpaired) electrons. The first-order valence-electron chi connectivity index (χ1n) is 8.39. The minimum absolute atomic E-state index is 0.0156. The van der Waals surface area contributed by atoms with Gasteiger partial charge in [0.1, 0.15) is 4.90 Å². The molecule has 0 fully saturated rings. The van der Waals surface area contributed by atoms with E-state index < -0.39 is 33.1 Å². The average Bonchev–Trinajstić information content (AvgIpc) is 2.69. The third-order valence-electron chi connectivity index (χ3n) is 3.67. The van der Waals surface area contributed by atoms with Gasteiger partial charge in [-0.1, -0.05) is 41.9 Å². The van der Waals surface area contributed by atoms with E-state index in [4.69, 9.17) is 20.5 Å². The molecule has 2 aromatic carbocycles. The van der Waals surface area contributed by atoms with E-state index in [1.807, 2.05) is 0 Å². The summed E-state index contributed by atoms with van der Waals surface area (Å²) in [5, 5.41) is 3.90. The van der Waals surface area contributed by atoms with Crippen LogP contribution in [0.15, 0.2) is 70.4 Å². The highest BCUT2D eigenvalue weighted by atomic mass is 35.5. The fourth-order valence-corrected chi connectivity index (χ4v) is 3.83. The van der Waals surface area contributed by atoms with Gasteiger partial charge in [-0.15, -0.1) is 0 Å². The van der Waals surface area contributed by atoms with E-state index in [2.05, 4.69) is 5.10 Å². The number of hydrogen-bond donors (Lipinski definition) is 0. The molecule has 8 nitrogen and oxygen atoms in total. The Labute approximate surface area is 171 Å².